The number of amides is 1. The van der Waals surface area contributed by atoms with Gasteiger partial charge in [0, 0.05) is 23.5 Å². The van der Waals surface area contributed by atoms with Crippen LogP contribution in [0.15, 0.2) is 21.5 Å². The molecule has 0 saturated carbocycles. The first kappa shape index (κ1) is 16.5. The number of carbonyl (C=O) groups excluding carboxylic acids is 1. The SMILES string of the molecule is CCC(=O)N1CCc2cc(Br)cc(S(=O)(=O)NC(C)C)c21. The van der Waals surface area contributed by atoms with Crippen molar-refractivity contribution in [1.82, 2.24) is 4.72 Å². The van der Waals surface area contributed by atoms with Gasteiger partial charge < -0.3 is 4.90 Å². The van der Waals surface area contributed by atoms with Crippen molar-refractivity contribution < 1.29 is 13.2 Å². The molecule has 1 aliphatic heterocycles. The van der Waals surface area contributed by atoms with Gasteiger partial charge in [0.15, 0.2) is 0 Å². The number of carbonyl (C=O) groups is 1. The van der Waals surface area contributed by atoms with E-state index in [2.05, 4.69) is 20.7 Å². The Balaban J connectivity index is 2.60. The molecule has 116 valence electrons. The molecule has 0 radical (unpaired) electrons. The predicted octanol–water partition coefficient (Wildman–Crippen LogP) is 2.43. The van der Waals surface area contributed by atoms with Crippen LogP contribution in [0.3, 0.4) is 0 Å². The number of sulfonamides is 1. The quantitative estimate of drug-likeness (QED) is 0.879. The lowest BCUT2D eigenvalue weighted by molar-refractivity contribution is -0.118. The molecule has 0 unspecified atom stereocenters. The van der Waals surface area contributed by atoms with Crippen LogP contribution < -0.4 is 9.62 Å². The van der Waals surface area contributed by atoms with E-state index in [-0.39, 0.29) is 16.8 Å². The molecule has 0 bridgehead atoms. The molecule has 0 fully saturated rings. The van der Waals surface area contributed by atoms with Gasteiger partial charge in [-0.3, -0.25) is 4.79 Å². The van der Waals surface area contributed by atoms with E-state index in [0.29, 0.717) is 29.5 Å². The van der Waals surface area contributed by atoms with Crippen molar-refractivity contribution in [2.45, 2.75) is 44.6 Å². The molecule has 1 aromatic carbocycles. The van der Waals surface area contributed by atoms with Crippen LogP contribution in [0.4, 0.5) is 5.69 Å². The molecule has 1 aromatic rings. The van der Waals surface area contributed by atoms with Crippen molar-refractivity contribution in [2.75, 3.05) is 11.4 Å². The number of hydrogen-bond donors (Lipinski definition) is 1. The van der Waals surface area contributed by atoms with Gasteiger partial charge in [0.1, 0.15) is 4.90 Å². The highest BCUT2D eigenvalue weighted by Crippen LogP contribution is 2.37. The maximum absolute atomic E-state index is 12.5. The zero-order valence-corrected chi connectivity index (χ0v) is 14.7. The van der Waals surface area contributed by atoms with E-state index < -0.39 is 10.0 Å². The van der Waals surface area contributed by atoms with Crippen LogP contribution >= 0.6 is 15.9 Å². The van der Waals surface area contributed by atoms with Crippen LogP contribution in [0.1, 0.15) is 32.8 Å². The second-order valence-electron chi connectivity index (χ2n) is 5.34. The number of hydrogen-bond acceptors (Lipinski definition) is 3. The van der Waals surface area contributed by atoms with Crippen molar-refractivity contribution in [3.8, 4) is 0 Å². The van der Waals surface area contributed by atoms with Crippen LogP contribution in [-0.4, -0.2) is 26.9 Å². The monoisotopic (exact) mass is 374 g/mol. The molecule has 0 aromatic heterocycles. The largest absolute Gasteiger partial charge is 0.310 e. The molecule has 0 aliphatic carbocycles. The molecule has 0 saturated heterocycles. The number of nitrogens with one attached hydrogen (secondary N) is 1. The zero-order chi connectivity index (χ0) is 15.8. The highest BCUT2D eigenvalue weighted by molar-refractivity contribution is 9.10. The summed E-state index contributed by atoms with van der Waals surface area (Å²) >= 11 is 3.35. The lowest BCUT2D eigenvalue weighted by atomic mass is 10.2. The van der Waals surface area contributed by atoms with Crippen LogP contribution in [0.5, 0.6) is 0 Å². The lowest BCUT2D eigenvalue weighted by Gasteiger charge is -2.21. The van der Waals surface area contributed by atoms with Gasteiger partial charge in [0.25, 0.3) is 0 Å². The van der Waals surface area contributed by atoms with E-state index in [0.717, 1.165) is 5.56 Å². The summed E-state index contributed by atoms with van der Waals surface area (Å²) in [4.78, 5) is 13.8. The van der Waals surface area contributed by atoms with Crippen LogP contribution in [0, 0.1) is 0 Å². The van der Waals surface area contributed by atoms with Crippen LogP contribution in [0.25, 0.3) is 0 Å². The van der Waals surface area contributed by atoms with E-state index in [1.54, 1.807) is 31.7 Å². The second-order valence-corrected chi connectivity index (χ2v) is 7.93. The molecule has 1 N–H and O–H groups in total. The number of nitrogens with zero attached hydrogens (tertiary/aromatic N) is 1. The Morgan fingerprint density at radius 2 is 2.10 bits per heavy atom. The smallest absolute Gasteiger partial charge is 0.242 e. The first-order chi connectivity index (χ1) is 9.76. The highest BCUT2D eigenvalue weighted by Gasteiger charge is 2.32. The van der Waals surface area contributed by atoms with Crippen LogP contribution in [-0.2, 0) is 21.2 Å². The topological polar surface area (TPSA) is 66.5 Å². The van der Waals surface area contributed by atoms with E-state index >= 15 is 0 Å². The minimum absolute atomic E-state index is 0.0583. The Hall–Kier alpha value is -0.920. The summed E-state index contributed by atoms with van der Waals surface area (Å²) in [5.41, 5.74) is 1.41. The summed E-state index contributed by atoms with van der Waals surface area (Å²) in [6, 6.07) is 3.23. The fourth-order valence-electron chi connectivity index (χ4n) is 2.49. The lowest BCUT2D eigenvalue weighted by Crippen LogP contribution is -2.33. The molecule has 0 atom stereocenters. The molecule has 5 nitrogen and oxygen atoms in total. The fourth-order valence-corrected chi connectivity index (χ4v) is 4.67. The van der Waals surface area contributed by atoms with Gasteiger partial charge in [0.2, 0.25) is 15.9 Å². The van der Waals surface area contributed by atoms with Gasteiger partial charge in [-0.1, -0.05) is 22.9 Å². The first-order valence-corrected chi connectivity index (χ1v) is 9.19. The van der Waals surface area contributed by atoms with Crippen molar-refractivity contribution >= 4 is 37.5 Å². The van der Waals surface area contributed by atoms with E-state index in [1.165, 1.54) is 0 Å². The molecule has 7 heteroatoms. The summed E-state index contributed by atoms with van der Waals surface area (Å²) in [7, 11) is -3.66. The second kappa shape index (κ2) is 6.06. The maximum Gasteiger partial charge on any atom is 0.242 e. The average molecular weight is 375 g/mol. The number of fused-ring (bicyclic) bond motifs is 1. The van der Waals surface area contributed by atoms with Gasteiger partial charge in [-0.2, -0.15) is 0 Å². The van der Waals surface area contributed by atoms with Gasteiger partial charge in [-0.15, -0.1) is 0 Å². The van der Waals surface area contributed by atoms with Gasteiger partial charge in [-0.05, 0) is 38.0 Å². The third kappa shape index (κ3) is 3.30. The van der Waals surface area contributed by atoms with Crippen molar-refractivity contribution in [2.24, 2.45) is 0 Å². The Bertz CT molecular complexity index is 671. The predicted molar refractivity (Wildman–Crippen MR) is 85.9 cm³/mol. The molecule has 1 amide bonds. The van der Waals surface area contributed by atoms with Crippen molar-refractivity contribution in [3.05, 3.63) is 22.2 Å². The van der Waals surface area contributed by atoms with Crippen molar-refractivity contribution in [3.63, 3.8) is 0 Å². The summed E-state index contributed by atoms with van der Waals surface area (Å²) < 4.78 is 28.4. The number of anilines is 1. The van der Waals surface area contributed by atoms with E-state index in [1.807, 2.05) is 6.07 Å². The normalized spacial score (nSPS) is 14.6. The van der Waals surface area contributed by atoms with E-state index in [4.69, 9.17) is 0 Å². The number of rotatable bonds is 4. The van der Waals surface area contributed by atoms with Gasteiger partial charge in [0.05, 0.1) is 5.69 Å². The number of halogens is 1. The van der Waals surface area contributed by atoms with Crippen molar-refractivity contribution in [1.29, 1.82) is 0 Å². The summed E-state index contributed by atoms with van der Waals surface area (Å²) in [5.74, 6) is -0.0583. The summed E-state index contributed by atoms with van der Waals surface area (Å²) in [6.45, 7) is 5.85. The van der Waals surface area contributed by atoms with E-state index in [9.17, 15) is 13.2 Å². The molecular weight excluding hydrogens is 356 g/mol. The average Bonchev–Trinajstić information content (AvgIpc) is 2.78. The standard InChI is InChI=1S/C14H19BrN2O3S/c1-4-13(18)17-6-5-10-7-11(15)8-12(14(10)17)21(19,20)16-9(2)3/h7-9,16H,4-6H2,1-3H3. The van der Waals surface area contributed by atoms with Crippen LogP contribution in [0.2, 0.25) is 0 Å². The number of benzene rings is 1. The third-order valence-corrected chi connectivity index (χ3v) is 5.41. The molecule has 1 aliphatic rings. The summed E-state index contributed by atoms with van der Waals surface area (Å²) in [6.07, 6.45) is 1.03. The first-order valence-electron chi connectivity index (χ1n) is 6.91. The fraction of sp³-hybridized carbons (Fsp3) is 0.500. The van der Waals surface area contributed by atoms with Gasteiger partial charge >= 0.3 is 0 Å². The minimum Gasteiger partial charge on any atom is -0.310 e. The van der Waals surface area contributed by atoms with Gasteiger partial charge in [-0.25, -0.2) is 13.1 Å². The third-order valence-electron chi connectivity index (χ3n) is 3.28. The molecule has 1 heterocycles. The Kier molecular flexibility index (Phi) is 4.75. The molecule has 0 spiro atoms. The molecular formula is C14H19BrN2O3S. The summed E-state index contributed by atoms with van der Waals surface area (Å²) in [5, 5.41) is 0. The zero-order valence-electron chi connectivity index (χ0n) is 12.3. The Morgan fingerprint density at radius 3 is 2.67 bits per heavy atom. The maximum atomic E-state index is 12.5. The minimum atomic E-state index is -3.66. The molecule has 2 rings (SSSR count). The molecule has 21 heavy (non-hydrogen) atoms. The Morgan fingerprint density at radius 1 is 1.43 bits per heavy atom. The Labute approximate surface area is 133 Å². The highest BCUT2D eigenvalue weighted by atomic mass is 79.9.